The lowest BCUT2D eigenvalue weighted by molar-refractivity contribution is -0.131. The summed E-state index contributed by atoms with van der Waals surface area (Å²) in [6, 6.07) is 15.6. The Morgan fingerprint density at radius 1 is 1.24 bits per heavy atom. The third kappa shape index (κ3) is 3.21. The molecule has 0 aliphatic carbocycles. The number of para-hydroxylation sites is 1. The molecule has 0 aromatic heterocycles. The summed E-state index contributed by atoms with van der Waals surface area (Å²) < 4.78 is 10.4. The first-order valence-electron chi connectivity index (χ1n) is 7.96. The maximum absolute atomic E-state index is 13.0. The Kier molecular flexibility index (Phi) is 5.00. The lowest BCUT2D eigenvalue weighted by atomic mass is 9.96. The number of carbonyl (C=O) groups is 2. The minimum atomic E-state index is -0.909. The number of cyclic esters (lactones) is 1. The molecule has 130 valence electrons. The Bertz CT molecular complexity index is 761. The number of carbonyl (C=O) groups excluding carboxylic acids is 2. The molecule has 0 bridgehead atoms. The number of hydrogen-bond acceptors (Lipinski definition) is 5. The van der Waals surface area contributed by atoms with E-state index in [1.165, 1.54) is 7.11 Å². The van der Waals surface area contributed by atoms with E-state index in [0.29, 0.717) is 11.3 Å². The van der Waals surface area contributed by atoms with Crippen molar-refractivity contribution < 1.29 is 24.2 Å². The number of benzene rings is 2. The van der Waals surface area contributed by atoms with Crippen molar-refractivity contribution >= 4 is 12.0 Å². The molecular formula is C19H19NO5. The van der Waals surface area contributed by atoms with E-state index in [1.54, 1.807) is 24.3 Å². The fourth-order valence-electron chi connectivity index (χ4n) is 3.02. The third-order valence-electron chi connectivity index (χ3n) is 4.29. The van der Waals surface area contributed by atoms with E-state index in [0.717, 1.165) is 10.5 Å². The third-order valence-corrected chi connectivity index (χ3v) is 4.29. The summed E-state index contributed by atoms with van der Waals surface area (Å²) in [5.74, 6) is -0.935. The van der Waals surface area contributed by atoms with E-state index >= 15 is 0 Å². The van der Waals surface area contributed by atoms with E-state index < -0.39 is 30.6 Å². The van der Waals surface area contributed by atoms with Crippen LogP contribution in [0.1, 0.15) is 23.1 Å². The number of rotatable bonds is 5. The Morgan fingerprint density at radius 3 is 2.60 bits per heavy atom. The highest BCUT2D eigenvalue weighted by molar-refractivity contribution is 5.97. The van der Waals surface area contributed by atoms with Crippen LogP contribution in [0.5, 0.6) is 5.75 Å². The van der Waals surface area contributed by atoms with Crippen LogP contribution < -0.4 is 4.74 Å². The zero-order valence-electron chi connectivity index (χ0n) is 13.8. The van der Waals surface area contributed by atoms with Gasteiger partial charge in [0, 0.05) is 5.56 Å². The van der Waals surface area contributed by atoms with Gasteiger partial charge in [-0.25, -0.2) is 9.69 Å². The SMILES string of the molecule is COc1ccccc1[C@@H](CO)C(=O)N1C(=O)OC[C@H]1c1ccccc1. The molecule has 2 aromatic rings. The fraction of sp³-hybridized carbons (Fsp3) is 0.263. The average molecular weight is 341 g/mol. The Hall–Kier alpha value is -2.86. The molecule has 3 rings (SSSR count). The molecule has 1 fully saturated rings. The lowest BCUT2D eigenvalue weighted by Gasteiger charge is -2.25. The van der Waals surface area contributed by atoms with Gasteiger partial charge in [0.15, 0.2) is 0 Å². The van der Waals surface area contributed by atoms with Gasteiger partial charge in [0.2, 0.25) is 5.91 Å². The van der Waals surface area contributed by atoms with E-state index in [2.05, 4.69) is 0 Å². The number of ether oxygens (including phenoxy) is 2. The number of aliphatic hydroxyl groups is 1. The van der Waals surface area contributed by atoms with Crippen LogP contribution in [0.25, 0.3) is 0 Å². The maximum atomic E-state index is 13.0. The number of amides is 2. The van der Waals surface area contributed by atoms with Crippen LogP contribution in [0.15, 0.2) is 54.6 Å². The summed E-state index contributed by atoms with van der Waals surface area (Å²) in [6.45, 7) is -0.344. The molecule has 0 radical (unpaired) electrons. The van der Waals surface area contributed by atoms with E-state index in [1.807, 2.05) is 30.3 Å². The zero-order valence-corrected chi connectivity index (χ0v) is 13.8. The van der Waals surface area contributed by atoms with Crippen LogP contribution in [0.2, 0.25) is 0 Å². The van der Waals surface area contributed by atoms with Crippen LogP contribution in [0, 0.1) is 0 Å². The molecule has 25 heavy (non-hydrogen) atoms. The lowest BCUT2D eigenvalue weighted by Crippen LogP contribution is -2.39. The molecule has 0 saturated carbocycles. The Morgan fingerprint density at radius 2 is 1.92 bits per heavy atom. The van der Waals surface area contributed by atoms with Gasteiger partial charge in [0.05, 0.1) is 19.6 Å². The molecule has 6 nitrogen and oxygen atoms in total. The van der Waals surface area contributed by atoms with E-state index in [-0.39, 0.29) is 6.61 Å². The van der Waals surface area contributed by atoms with Gasteiger partial charge in [-0.3, -0.25) is 4.79 Å². The Labute approximate surface area is 145 Å². The topological polar surface area (TPSA) is 76.1 Å². The van der Waals surface area contributed by atoms with Crippen molar-refractivity contribution in [1.82, 2.24) is 4.90 Å². The fourth-order valence-corrected chi connectivity index (χ4v) is 3.02. The summed E-state index contributed by atoms with van der Waals surface area (Å²) in [5, 5.41) is 9.82. The van der Waals surface area contributed by atoms with Gasteiger partial charge in [-0.1, -0.05) is 48.5 Å². The second-order valence-corrected chi connectivity index (χ2v) is 5.69. The van der Waals surface area contributed by atoms with Crippen molar-refractivity contribution in [3.8, 4) is 5.75 Å². The number of methoxy groups -OCH3 is 1. The van der Waals surface area contributed by atoms with Gasteiger partial charge in [0.1, 0.15) is 18.4 Å². The van der Waals surface area contributed by atoms with Gasteiger partial charge in [-0.05, 0) is 11.6 Å². The second-order valence-electron chi connectivity index (χ2n) is 5.69. The Balaban J connectivity index is 1.95. The first-order chi connectivity index (χ1) is 12.2. The summed E-state index contributed by atoms with van der Waals surface area (Å²) in [5.41, 5.74) is 1.34. The monoisotopic (exact) mass is 341 g/mol. The van der Waals surface area contributed by atoms with Gasteiger partial charge < -0.3 is 14.6 Å². The van der Waals surface area contributed by atoms with Crippen molar-refractivity contribution in [2.45, 2.75) is 12.0 Å². The minimum Gasteiger partial charge on any atom is -0.496 e. The number of hydrogen-bond donors (Lipinski definition) is 1. The molecule has 1 saturated heterocycles. The molecule has 6 heteroatoms. The van der Waals surface area contributed by atoms with Gasteiger partial charge >= 0.3 is 6.09 Å². The van der Waals surface area contributed by atoms with Gasteiger partial charge in [-0.15, -0.1) is 0 Å². The largest absolute Gasteiger partial charge is 0.496 e. The van der Waals surface area contributed by atoms with E-state index in [4.69, 9.17) is 9.47 Å². The molecule has 0 unspecified atom stereocenters. The predicted octanol–water partition coefficient (Wildman–Crippen LogP) is 2.49. The summed E-state index contributed by atoms with van der Waals surface area (Å²) in [4.78, 5) is 26.3. The van der Waals surface area contributed by atoms with Crippen molar-refractivity contribution in [3.63, 3.8) is 0 Å². The second kappa shape index (κ2) is 7.36. The van der Waals surface area contributed by atoms with E-state index in [9.17, 15) is 14.7 Å². The number of imide groups is 1. The normalized spacial score (nSPS) is 17.9. The van der Waals surface area contributed by atoms with Gasteiger partial charge in [-0.2, -0.15) is 0 Å². The molecule has 1 aliphatic heterocycles. The summed E-state index contributed by atoms with van der Waals surface area (Å²) >= 11 is 0. The first-order valence-corrected chi connectivity index (χ1v) is 7.96. The summed E-state index contributed by atoms with van der Waals surface area (Å²) in [7, 11) is 1.49. The van der Waals surface area contributed by atoms with Crippen LogP contribution in [-0.4, -0.2) is 42.3 Å². The minimum absolute atomic E-state index is 0.0959. The van der Waals surface area contributed by atoms with Crippen LogP contribution in [0.3, 0.4) is 0 Å². The predicted molar refractivity (Wildman–Crippen MR) is 90.2 cm³/mol. The highest BCUT2D eigenvalue weighted by Gasteiger charge is 2.42. The zero-order chi connectivity index (χ0) is 17.8. The van der Waals surface area contributed by atoms with Crippen LogP contribution >= 0.6 is 0 Å². The maximum Gasteiger partial charge on any atom is 0.417 e. The molecule has 2 amide bonds. The summed E-state index contributed by atoms with van der Waals surface area (Å²) in [6.07, 6.45) is -0.702. The first kappa shape index (κ1) is 17.0. The highest BCUT2D eigenvalue weighted by Crippen LogP contribution is 2.34. The molecule has 2 aromatic carbocycles. The van der Waals surface area contributed by atoms with Gasteiger partial charge in [0.25, 0.3) is 0 Å². The molecular weight excluding hydrogens is 322 g/mol. The molecule has 2 atom stereocenters. The standard InChI is InChI=1S/C19H19NO5/c1-24-17-10-6-5-9-14(17)15(11-21)18(22)20-16(12-25-19(20)23)13-7-3-2-4-8-13/h2-10,15-16,21H,11-12H2,1H3/t15-,16+/m1/s1. The molecule has 0 spiro atoms. The molecule has 1 N–H and O–H groups in total. The average Bonchev–Trinajstić information content (AvgIpc) is 3.05. The van der Waals surface area contributed by atoms with Crippen molar-refractivity contribution in [3.05, 3.63) is 65.7 Å². The molecule has 1 aliphatic rings. The van der Waals surface area contributed by atoms with Crippen LogP contribution in [0.4, 0.5) is 4.79 Å². The van der Waals surface area contributed by atoms with Crippen molar-refractivity contribution in [2.24, 2.45) is 0 Å². The van der Waals surface area contributed by atoms with Crippen LogP contribution in [-0.2, 0) is 9.53 Å². The number of nitrogens with zero attached hydrogens (tertiary/aromatic N) is 1. The molecule has 1 heterocycles. The highest BCUT2D eigenvalue weighted by atomic mass is 16.6. The number of aliphatic hydroxyl groups excluding tert-OH is 1. The quantitative estimate of drug-likeness (QED) is 0.904. The van der Waals surface area contributed by atoms with Crippen molar-refractivity contribution in [1.29, 1.82) is 0 Å². The van der Waals surface area contributed by atoms with Crippen molar-refractivity contribution in [2.75, 3.05) is 20.3 Å². The smallest absolute Gasteiger partial charge is 0.417 e.